The standard InChI is InChI=1S/C16H17BrFNO/c1-10-4-7-14(18)13(8-10)16(19-2)12-6-5-11(17)9-15(12)20-3/h4-9,16,19H,1-3H3. The molecule has 1 N–H and O–H groups in total. The van der Waals surface area contributed by atoms with Crippen molar-refractivity contribution in [3.63, 3.8) is 0 Å². The second-order valence-electron chi connectivity index (χ2n) is 4.63. The first-order valence-electron chi connectivity index (χ1n) is 6.33. The predicted molar refractivity (Wildman–Crippen MR) is 82.7 cm³/mol. The summed E-state index contributed by atoms with van der Waals surface area (Å²) in [5.41, 5.74) is 2.55. The summed E-state index contributed by atoms with van der Waals surface area (Å²) in [5, 5.41) is 3.16. The van der Waals surface area contributed by atoms with Gasteiger partial charge in [-0.3, -0.25) is 0 Å². The molecule has 0 bridgehead atoms. The van der Waals surface area contributed by atoms with Crippen molar-refractivity contribution in [3.05, 3.63) is 63.4 Å². The molecule has 2 nitrogen and oxygen atoms in total. The van der Waals surface area contributed by atoms with E-state index in [0.29, 0.717) is 5.56 Å². The van der Waals surface area contributed by atoms with E-state index < -0.39 is 0 Å². The summed E-state index contributed by atoms with van der Waals surface area (Å²) in [5.74, 6) is 0.500. The summed E-state index contributed by atoms with van der Waals surface area (Å²) < 4.78 is 20.5. The third kappa shape index (κ3) is 3.02. The van der Waals surface area contributed by atoms with Gasteiger partial charge in [0.25, 0.3) is 0 Å². The first-order valence-corrected chi connectivity index (χ1v) is 7.13. The molecule has 20 heavy (non-hydrogen) atoms. The lowest BCUT2D eigenvalue weighted by atomic mass is 9.96. The van der Waals surface area contributed by atoms with Gasteiger partial charge in [0.1, 0.15) is 11.6 Å². The van der Waals surface area contributed by atoms with Crippen molar-refractivity contribution in [2.75, 3.05) is 14.2 Å². The molecule has 0 saturated carbocycles. The van der Waals surface area contributed by atoms with E-state index in [0.717, 1.165) is 21.3 Å². The highest BCUT2D eigenvalue weighted by atomic mass is 79.9. The molecule has 0 heterocycles. The number of aryl methyl sites for hydroxylation is 1. The fourth-order valence-corrected chi connectivity index (χ4v) is 2.63. The van der Waals surface area contributed by atoms with Gasteiger partial charge in [0.15, 0.2) is 0 Å². The first kappa shape index (κ1) is 15.0. The second-order valence-corrected chi connectivity index (χ2v) is 5.55. The zero-order valence-electron chi connectivity index (χ0n) is 11.7. The highest BCUT2D eigenvalue weighted by Gasteiger charge is 2.20. The average molecular weight is 338 g/mol. The van der Waals surface area contributed by atoms with Gasteiger partial charge in [0.05, 0.1) is 13.2 Å². The van der Waals surface area contributed by atoms with Crippen LogP contribution in [0.5, 0.6) is 5.75 Å². The average Bonchev–Trinajstić information content (AvgIpc) is 2.44. The molecule has 0 amide bonds. The Bertz CT molecular complexity index is 615. The van der Waals surface area contributed by atoms with Crippen LogP contribution in [0.15, 0.2) is 40.9 Å². The van der Waals surface area contributed by atoms with Gasteiger partial charge in [-0.25, -0.2) is 4.39 Å². The lowest BCUT2D eigenvalue weighted by molar-refractivity contribution is 0.404. The van der Waals surface area contributed by atoms with Crippen molar-refractivity contribution < 1.29 is 9.13 Å². The SMILES string of the molecule is CNC(c1cc(C)ccc1F)c1ccc(Br)cc1OC. The van der Waals surface area contributed by atoms with Crippen molar-refractivity contribution in [2.45, 2.75) is 13.0 Å². The first-order chi connectivity index (χ1) is 9.56. The van der Waals surface area contributed by atoms with Crippen LogP contribution in [0.25, 0.3) is 0 Å². The van der Waals surface area contributed by atoms with Gasteiger partial charge in [0, 0.05) is 15.6 Å². The largest absolute Gasteiger partial charge is 0.496 e. The Labute approximate surface area is 127 Å². The molecule has 0 saturated heterocycles. The molecule has 1 atom stereocenters. The predicted octanol–water partition coefficient (Wildman–Crippen LogP) is 4.21. The van der Waals surface area contributed by atoms with Crippen molar-refractivity contribution in [3.8, 4) is 5.75 Å². The van der Waals surface area contributed by atoms with Crippen LogP contribution in [-0.2, 0) is 0 Å². The maximum Gasteiger partial charge on any atom is 0.128 e. The second kappa shape index (κ2) is 6.37. The smallest absolute Gasteiger partial charge is 0.128 e. The molecule has 2 rings (SSSR count). The Morgan fingerprint density at radius 2 is 1.90 bits per heavy atom. The summed E-state index contributed by atoms with van der Waals surface area (Å²) in [4.78, 5) is 0. The van der Waals surface area contributed by atoms with Crippen molar-refractivity contribution in [1.29, 1.82) is 0 Å². The van der Waals surface area contributed by atoms with Gasteiger partial charge in [0.2, 0.25) is 0 Å². The van der Waals surface area contributed by atoms with Gasteiger partial charge < -0.3 is 10.1 Å². The van der Waals surface area contributed by atoms with Gasteiger partial charge in [-0.15, -0.1) is 0 Å². The number of rotatable bonds is 4. The van der Waals surface area contributed by atoms with Crippen LogP contribution in [0, 0.1) is 12.7 Å². The summed E-state index contributed by atoms with van der Waals surface area (Å²) >= 11 is 3.42. The Morgan fingerprint density at radius 1 is 1.15 bits per heavy atom. The number of ether oxygens (including phenoxy) is 1. The zero-order chi connectivity index (χ0) is 14.7. The lowest BCUT2D eigenvalue weighted by Gasteiger charge is -2.21. The van der Waals surface area contributed by atoms with E-state index >= 15 is 0 Å². The molecule has 0 aliphatic carbocycles. The Hall–Kier alpha value is -1.39. The van der Waals surface area contributed by atoms with Crippen LogP contribution in [0.4, 0.5) is 4.39 Å². The van der Waals surface area contributed by atoms with Gasteiger partial charge in [-0.2, -0.15) is 0 Å². The highest BCUT2D eigenvalue weighted by molar-refractivity contribution is 9.10. The van der Waals surface area contributed by atoms with E-state index in [-0.39, 0.29) is 11.9 Å². The molecule has 1 unspecified atom stereocenters. The number of benzene rings is 2. The molecule has 106 valence electrons. The maximum atomic E-state index is 14.1. The summed E-state index contributed by atoms with van der Waals surface area (Å²) in [6.07, 6.45) is 0. The number of halogens is 2. The van der Waals surface area contributed by atoms with Gasteiger partial charge in [-0.1, -0.05) is 39.7 Å². The molecule has 4 heteroatoms. The fraction of sp³-hybridized carbons (Fsp3) is 0.250. The third-order valence-electron chi connectivity index (χ3n) is 3.26. The minimum absolute atomic E-state index is 0.222. The van der Waals surface area contributed by atoms with Gasteiger partial charge in [-0.05, 0) is 32.2 Å². The minimum atomic E-state index is -0.252. The van der Waals surface area contributed by atoms with Crippen LogP contribution < -0.4 is 10.1 Å². The molecule has 0 aliphatic rings. The summed E-state index contributed by atoms with van der Waals surface area (Å²) in [6.45, 7) is 1.95. The molecular weight excluding hydrogens is 321 g/mol. The third-order valence-corrected chi connectivity index (χ3v) is 3.75. The van der Waals surface area contributed by atoms with Crippen LogP contribution in [0.1, 0.15) is 22.7 Å². The van der Waals surface area contributed by atoms with Crippen LogP contribution in [0.2, 0.25) is 0 Å². The molecule has 0 fully saturated rings. The lowest BCUT2D eigenvalue weighted by Crippen LogP contribution is -2.20. The Balaban J connectivity index is 2.55. The molecular formula is C16H17BrFNO. The number of nitrogens with one attached hydrogen (secondary N) is 1. The van der Waals surface area contributed by atoms with Crippen molar-refractivity contribution in [1.82, 2.24) is 5.32 Å². The molecule has 2 aromatic rings. The van der Waals surface area contributed by atoms with E-state index in [4.69, 9.17) is 4.74 Å². The van der Waals surface area contributed by atoms with E-state index in [1.165, 1.54) is 6.07 Å². The molecule has 2 aromatic carbocycles. The summed E-state index contributed by atoms with van der Waals surface area (Å²) in [6, 6.07) is 10.6. The quantitative estimate of drug-likeness (QED) is 0.902. The Kier molecular flexibility index (Phi) is 4.78. The summed E-state index contributed by atoms with van der Waals surface area (Å²) in [7, 11) is 3.43. The van der Waals surface area contributed by atoms with E-state index in [2.05, 4.69) is 21.2 Å². The van der Waals surface area contributed by atoms with Crippen LogP contribution in [0.3, 0.4) is 0 Å². The monoisotopic (exact) mass is 337 g/mol. The molecule has 0 radical (unpaired) electrons. The van der Waals surface area contributed by atoms with Crippen molar-refractivity contribution >= 4 is 15.9 Å². The maximum absolute atomic E-state index is 14.1. The van der Waals surface area contributed by atoms with Gasteiger partial charge >= 0.3 is 0 Å². The topological polar surface area (TPSA) is 21.3 Å². The van der Waals surface area contributed by atoms with E-state index in [1.807, 2.05) is 38.2 Å². The highest BCUT2D eigenvalue weighted by Crippen LogP contribution is 2.33. The normalized spacial score (nSPS) is 12.2. The number of methoxy groups -OCH3 is 1. The fourth-order valence-electron chi connectivity index (χ4n) is 2.29. The molecule has 0 aromatic heterocycles. The Morgan fingerprint density at radius 3 is 2.55 bits per heavy atom. The molecule has 0 spiro atoms. The number of hydrogen-bond donors (Lipinski definition) is 1. The van der Waals surface area contributed by atoms with E-state index in [9.17, 15) is 4.39 Å². The zero-order valence-corrected chi connectivity index (χ0v) is 13.3. The van der Waals surface area contributed by atoms with E-state index in [1.54, 1.807) is 13.2 Å². The van der Waals surface area contributed by atoms with Crippen LogP contribution in [-0.4, -0.2) is 14.2 Å². The van der Waals surface area contributed by atoms with Crippen molar-refractivity contribution in [2.24, 2.45) is 0 Å². The number of hydrogen-bond acceptors (Lipinski definition) is 2. The minimum Gasteiger partial charge on any atom is -0.496 e. The van der Waals surface area contributed by atoms with Crippen LogP contribution >= 0.6 is 15.9 Å². The molecule has 0 aliphatic heterocycles.